The Morgan fingerprint density at radius 3 is 2.54 bits per heavy atom. The van der Waals surface area contributed by atoms with Crippen LogP contribution in [-0.4, -0.2) is 18.2 Å². The Bertz CT molecular complexity index is 988. The van der Waals surface area contributed by atoms with E-state index in [4.69, 9.17) is 0 Å². The molecule has 0 bridgehead atoms. The number of nitrogens with one attached hydrogen (secondary N) is 1. The van der Waals surface area contributed by atoms with E-state index in [0.29, 0.717) is 15.7 Å². The zero-order valence-electron chi connectivity index (χ0n) is 12.6. The summed E-state index contributed by atoms with van der Waals surface area (Å²) in [6, 6.07) is 13.1. The van der Waals surface area contributed by atoms with Crippen molar-refractivity contribution in [2.75, 3.05) is 4.72 Å². The first-order chi connectivity index (χ1) is 11.4. The van der Waals surface area contributed by atoms with Crippen LogP contribution in [0.15, 0.2) is 64.1 Å². The molecule has 0 unspecified atom stereocenters. The fourth-order valence-electron chi connectivity index (χ4n) is 2.23. The van der Waals surface area contributed by atoms with Gasteiger partial charge in [-0.1, -0.05) is 46.3 Å². The van der Waals surface area contributed by atoms with Crippen molar-refractivity contribution in [2.24, 2.45) is 7.05 Å². The Morgan fingerprint density at radius 1 is 1.17 bits per heavy atom. The molecule has 0 fully saturated rings. The SMILES string of the molecule is Cn1cc(S(=O)(=O)Nc2ccc(Br)cc2F)c(-c2ccccc2)n1. The second kappa shape index (κ2) is 6.37. The number of rotatable bonds is 4. The van der Waals surface area contributed by atoms with Crippen LogP contribution in [0.1, 0.15) is 0 Å². The van der Waals surface area contributed by atoms with E-state index in [9.17, 15) is 12.8 Å². The van der Waals surface area contributed by atoms with Crippen molar-refractivity contribution in [1.82, 2.24) is 9.78 Å². The summed E-state index contributed by atoms with van der Waals surface area (Å²) in [6.07, 6.45) is 1.39. The summed E-state index contributed by atoms with van der Waals surface area (Å²) in [7, 11) is -2.36. The van der Waals surface area contributed by atoms with E-state index >= 15 is 0 Å². The van der Waals surface area contributed by atoms with E-state index in [1.807, 2.05) is 6.07 Å². The van der Waals surface area contributed by atoms with Crippen LogP contribution in [0, 0.1) is 5.82 Å². The summed E-state index contributed by atoms with van der Waals surface area (Å²) in [5.41, 5.74) is 0.846. The van der Waals surface area contributed by atoms with Crippen molar-refractivity contribution in [3.8, 4) is 11.3 Å². The maximum absolute atomic E-state index is 13.9. The summed E-state index contributed by atoms with van der Waals surface area (Å²) in [6.45, 7) is 0. The first-order valence-electron chi connectivity index (χ1n) is 6.94. The van der Waals surface area contributed by atoms with Gasteiger partial charge in [0.1, 0.15) is 16.4 Å². The molecule has 1 N–H and O–H groups in total. The van der Waals surface area contributed by atoms with E-state index in [-0.39, 0.29) is 10.6 Å². The van der Waals surface area contributed by atoms with Gasteiger partial charge >= 0.3 is 0 Å². The molecule has 5 nitrogen and oxygen atoms in total. The highest BCUT2D eigenvalue weighted by Gasteiger charge is 2.24. The van der Waals surface area contributed by atoms with Crippen LogP contribution >= 0.6 is 15.9 Å². The molecule has 0 amide bonds. The van der Waals surface area contributed by atoms with Crippen molar-refractivity contribution in [3.63, 3.8) is 0 Å². The Balaban J connectivity index is 2.05. The standard InChI is InChI=1S/C16H13BrFN3O2S/c1-21-10-15(16(19-21)11-5-3-2-4-6-11)24(22,23)20-14-8-7-12(17)9-13(14)18/h2-10,20H,1H3. The lowest BCUT2D eigenvalue weighted by atomic mass is 10.2. The molecule has 0 saturated carbocycles. The highest BCUT2D eigenvalue weighted by Crippen LogP contribution is 2.28. The number of benzene rings is 2. The molecule has 0 saturated heterocycles. The molecule has 0 aliphatic carbocycles. The largest absolute Gasteiger partial charge is 0.277 e. The van der Waals surface area contributed by atoms with Crippen molar-refractivity contribution in [2.45, 2.75) is 4.90 Å². The highest BCUT2D eigenvalue weighted by atomic mass is 79.9. The molecule has 2 aromatic carbocycles. The van der Waals surface area contributed by atoms with Crippen LogP contribution in [0.4, 0.5) is 10.1 Å². The molecule has 124 valence electrons. The summed E-state index contributed by atoms with van der Waals surface area (Å²) in [5.74, 6) is -0.668. The number of hydrogen-bond acceptors (Lipinski definition) is 3. The lowest BCUT2D eigenvalue weighted by Crippen LogP contribution is -2.14. The predicted molar refractivity (Wildman–Crippen MR) is 93.6 cm³/mol. The van der Waals surface area contributed by atoms with Crippen LogP contribution in [0.25, 0.3) is 11.3 Å². The van der Waals surface area contributed by atoms with Crippen molar-refractivity contribution in [1.29, 1.82) is 0 Å². The molecule has 1 heterocycles. The van der Waals surface area contributed by atoms with Crippen LogP contribution < -0.4 is 4.72 Å². The minimum absolute atomic E-state index is 0.0153. The van der Waals surface area contributed by atoms with E-state index in [1.165, 1.54) is 23.0 Å². The Hall–Kier alpha value is -2.19. The fraction of sp³-hybridized carbons (Fsp3) is 0.0625. The number of anilines is 1. The maximum Gasteiger partial charge on any atom is 0.265 e. The quantitative estimate of drug-likeness (QED) is 0.712. The third-order valence-electron chi connectivity index (χ3n) is 3.31. The van der Waals surface area contributed by atoms with E-state index in [1.54, 1.807) is 37.4 Å². The Kier molecular flexibility index (Phi) is 4.42. The summed E-state index contributed by atoms with van der Waals surface area (Å²) < 4.78 is 43.6. The minimum atomic E-state index is -4.00. The fourth-order valence-corrected chi connectivity index (χ4v) is 3.83. The van der Waals surface area contributed by atoms with E-state index in [0.717, 1.165) is 0 Å². The second-order valence-electron chi connectivity index (χ2n) is 5.11. The summed E-state index contributed by atoms with van der Waals surface area (Å²) in [4.78, 5) is -0.0153. The molecule has 24 heavy (non-hydrogen) atoms. The summed E-state index contributed by atoms with van der Waals surface area (Å²) >= 11 is 3.14. The predicted octanol–water partition coefficient (Wildman–Crippen LogP) is 3.79. The Labute approximate surface area is 147 Å². The number of halogens is 2. The number of hydrogen-bond donors (Lipinski definition) is 1. The van der Waals surface area contributed by atoms with Crippen molar-refractivity contribution >= 4 is 31.6 Å². The Morgan fingerprint density at radius 2 is 1.88 bits per heavy atom. The van der Waals surface area contributed by atoms with Crippen LogP contribution in [0.3, 0.4) is 0 Å². The average Bonchev–Trinajstić information content (AvgIpc) is 2.94. The molecule has 0 radical (unpaired) electrons. The third kappa shape index (κ3) is 3.34. The van der Waals surface area contributed by atoms with Gasteiger partial charge in [-0.15, -0.1) is 0 Å². The van der Waals surface area contributed by atoms with Gasteiger partial charge in [-0.25, -0.2) is 12.8 Å². The smallest absolute Gasteiger partial charge is 0.265 e. The zero-order valence-corrected chi connectivity index (χ0v) is 15.0. The van der Waals surface area contributed by atoms with Gasteiger partial charge in [-0.2, -0.15) is 5.10 Å². The average molecular weight is 410 g/mol. The number of aromatic nitrogens is 2. The lowest BCUT2D eigenvalue weighted by molar-refractivity contribution is 0.598. The van der Waals surface area contributed by atoms with Gasteiger partial charge in [-0.05, 0) is 18.2 Å². The van der Waals surface area contributed by atoms with Crippen molar-refractivity contribution < 1.29 is 12.8 Å². The van der Waals surface area contributed by atoms with Gasteiger partial charge in [0.05, 0.1) is 5.69 Å². The number of sulfonamides is 1. The molecular weight excluding hydrogens is 397 g/mol. The second-order valence-corrected chi connectivity index (χ2v) is 7.68. The molecule has 3 rings (SSSR count). The van der Waals surface area contributed by atoms with Crippen molar-refractivity contribution in [3.05, 3.63) is 65.0 Å². The summed E-state index contributed by atoms with van der Waals surface area (Å²) in [5, 5.41) is 4.22. The first kappa shape index (κ1) is 16.7. The highest BCUT2D eigenvalue weighted by molar-refractivity contribution is 9.10. The van der Waals surface area contributed by atoms with Crippen LogP contribution in [0.2, 0.25) is 0 Å². The minimum Gasteiger partial charge on any atom is -0.277 e. The van der Waals surface area contributed by atoms with E-state index in [2.05, 4.69) is 25.8 Å². The molecule has 0 aliphatic rings. The molecular formula is C16H13BrFN3O2S. The first-order valence-corrected chi connectivity index (χ1v) is 9.21. The van der Waals surface area contributed by atoms with Gasteiger partial charge in [0.25, 0.3) is 10.0 Å². The van der Waals surface area contributed by atoms with E-state index < -0.39 is 15.8 Å². The van der Waals surface area contributed by atoms with Gasteiger partial charge in [0.15, 0.2) is 0 Å². The number of nitrogens with zero attached hydrogens (tertiary/aromatic N) is 2. The van der Waals surface area contributed by atoms with Gasteiger partial charge in [-0.3, -0.25) is 9.40 Å². The van der Waals surface area contributed by atoms with Crippen LogP contribution in [-0.2, 0) is 17.1 Å². The van der Waals surface area contributed by atoms with Gasteiger partial charge in [0.2, 0.25) is 0 Å². The molecule has 0 atom stereocenters. The number of aryl methyl sites for hydroxylation is 1. The normalized spacial score (nSPS) is 11.5. The van der Waals surface area contributed by atoms with Gasteiger partial charge < -0.3 is 0 Å². The monoisotopic (exact) mass is 409 g/mol. The molecule has 3 aromatic rings. The molecule has 0 aliphatic heterocycles. The lowest BCUT2D eigenvalue weighted by Gasteiger charge is -2.09. The molecule has 1 aromatic heterocycles. The van der Waals surface area contributed by atoms with Crippen LogP contribution in [0.5, 0.6) is 0 Å². The molecule has 8 heteroatoms. The van der Waals surface area contributed by atoms with Gasteiger partial charge in [0, 0.05) is 23.3 Å². The topological polar surface area (TPSA) is 64.0 Å². The molecule has 0 spiro atoms. The zero-order chi connectivity index (χ0) is 17.3. The third-order valence-corrected chi connectivity index (χ3v) is 5.17. The maximum atomic E-state index is 13.9.